The molecule has 6 nitrogen and oxygen atoms in total. The summed E-state index contributed by atoms with van der Waals surface area (Å²) in [5.74, 6) is 0.305. The summed E-state index contributed by atoms with van der Waals surface area (Å²) >= 11 is 0. The van der Waals surface area contributed by atoms with Gasteiger partial charge in [0.1, 0.15) is 0 Å². The summed E-state index contributed by atoms with van der Waals surface area (Å²) < 4.78 is 0. The van der Waals surface area contributed by atoms with Crippen molar-refractivity contribution in [2.24, 2.45) is 11.8 Å². The molecule has 1 amide bonds. The molecule has 0 aliphatic carbocycles. The molecule has 1 aromatic carbocycles. The fraction of sp³-hybridized carbons (Fsp3) is 0.579. The highest BCUT2D eigenvalue weighted by Crippen LogP contribution is 2.25. The number of aliphatic hydroxyl groups excluding tert-OH is 1. The number of carbonyl (C=O) groups is 1. The first-order valence-electron chi connectivity index (χ1n) is 8.68. The predicted octanol–water partition coefficient (Wildman–Crippen LogP) is 0.732. The van der Waals surface area contributed by atoms with E-state index < -0.39 is 0 Å². The van der Waals surface area contributed by atoms with Gasteiger partial charge in [0, 0.05) is 50.8 Å². The lowest BCUT2D eigenvalue weighted by molar-refractivity contribution is 0.0779. The largest absolute Gasteiger partial charge is 0.396 e. The van der Waals surface area contributed by atoms with Gasteiger partial charge in [0.2, 0.25) is 0 Å². The molecule has 0 unspecified atom stereocenters. The van der Waals surface area contributed by atoms with Crippen LogP contribution < -0.4 is 0 Å². The lowest BCUT2D eigenvalue weighted by atomic mass is 9.96. The van der Waals surface area contributed by atoms with E-state index in [0.717, 1.165) is 19.6 Å². The van der Waals surface area contributed by atoms with Crippen molar-refractivity contribution in [2.45, 2.75) is 0 Å². The quantitative estimate of drug-likeness (QED) is 0.790. The van der Waals surface area contributed by atoms with Crippen molar-refractivity contribution < 1.29 is 9.90 Å². The van der Waals surface area contributed by atoms with Crippen LogP contribution in [0, 0.1) is 23.2 Å². The van der Waals surface area contributed by atoms with Gasteiger partial charge in [0.15, 0.2) is 0 Å². The maximum Gasteiger partial charge on any atom is 0.253 e. The minimum Gasteiger partial charge on any atom is -0.396 e. The first kappa shape index (κ1) is 19.4. The molecule has 0 spiro atoms. The van der Waals surface area contributed by atoms with Gasteiger partial charge < -0.3 is 19.8 Å². The van der Waals surface area contributed by atoms with Crippen LogP contribution in [0.15, 0.2) is 24.3 Å². The van der Waals surface area contributed by atoms with Crippen molar-refractivity contribution in [3.8, 4) is 6.07 Å². The molecule has 1 aromatic rings. The van der Waals surface area contributed by atoms with Crippen LogP contribution in [0.3, 0.4) is 0 Å². The third kappa shape index (κ3) is 5.27. The Hall–Kier alpha value is -1.94. The minimum atomic E-state index is -0.0611. The highest BCUT2D eigenvalue weighted by molar-refractivity contribution is 5.94. The zero-order valence-corrected chi connectivity index (χ0v) is 15.4. The van der Waals surface area contributed by atoms with Crippen molar-refractivity contribution in [1.29, 1.82) is 5.26 Å². The zero-order valence-electron chi connectivity index (χ0n) is 15.4. The van der Waals surface area contributed by atoms with Gasteiger partial charge in [0.05, 0.1) is 11.6 Å². The molecule has 2 rings (SSSR count). The number of aliphatic hydroxyl groups is 1. The van der Waals surface area contributed by atoms with E-state index in [4.69, 9.17) is 5.26 Å². The SMILES string of the molecule is CN(C)CCN(C)C[C@@H]1CN(C(=O)c2cccc(C#N)c2)C[C@@H]1CO. The van der Waals surface area contributed by atoms with Crippen molar-refractivity contribution in [2.75, 3.05) is 60.5 Å². The van der Waals surface area contributed by atoms with Gasteiger partial charge in [-0.15, -0.1) is 0 Å². The van der Waals surface area contributed by atoms with Gasteiger partial charge >= 0.3 is 0 Å². The molecule has 1 aliphatic rings. The normalized spacial score (nSPS) is 20.3. The van der Waals surface area contributed by atoms with Crippen LogP contribution in [0.25, 0.3) is 0 Å². The number of hydrogen-bond acceptors (Lipinski definition) is 5. The minimum absolute atomic E-state index is 0.0611. The molecule has 2 atom stereocenters. The zero-order chi connectivity index (χ0) is 18.4. The summed E-state index contributed by atoms with van der Waals surface area (Å²) in [5, 5.41) is 18.7. The van der Waals surface area contributed by atoms with E-state index in [2.05, 4.69) is 37.0 Å². The smallest absolute Gasteiger partial charge is 0.253 e. The standard InChI is InChI=1S/C19H28N4O2/c1-21(2)7-8-22(3)11-17-12-23(13-18(17)14-24)19(25)16-6-4-5-15(9-16)10-20/h4-6,9,17-18,24H,7-8,11-14H2,1-3H3/t17-,18-/m1/s1. The Morgan fingerprint density at radius 3 is 2.64 bits per heavy atom. The molecule has 6 heteroatoms. The van der Waals surface area contributed by atoms with Crippen LogP contribution in [-0.2, 0) is 0 Å². The van der Waals surface area contributed by atoms with E-state index in [1.807, 2.05) is 4.90 Å². The van der Waals surface area contributed by atoms with E-state index in [0.29, 0.717) is 24.2 Å². The van der Waals surface area contributed by atoms with E-state index in [-0.39, 0.29) is 24.3 Å². The average Bonchev–Trinajstić information content (AvgIpc) is 3.02. The number of hydrogen-bond donors (Lipinski definition) is 1. The molecule has 1 saturated heterocycles. The fourth-order valence-electron chi connectivity index (χ4n) is 3.28. The number of amides is 1. The average molecular weight is 344 g/mol. The third-order valence-corrected chi connectivity index (χ3v) is 4.81. The van der Waals surface area contributed by atoms with Crippen molar-refractivity contribution in [3.05, 3.63) is 35.4 Å². The Labute approximate surface area is 150 Å². The molecule has 1 fully saturated rings. The van der Waals surface area contributed by atoms with Gasteiger partial charge in [-0.2, -0.15) is 5.26 Å². The van der Waals surface area contributed by atoms with Crippen LogP contribution in [0.2, 0.25) is 0 Å². The van der Waals surface area contributed by atoms with Gasteiger partial charge in [0.25, 0.3) is 5.91 Å². The van der Waals surface area contributed by atoms with Gasteiger partial charge in [-0.25, -0.2) is 0 Å². The fourth-order valence-corrected chi connectivity index (χ4v) is 3.28. The Morgan fingerprint density at radius 1 is 1.28 bits per heavy atom. The highest BCUT2D eigenvalue weighted by Gasteiger charge is 2.35. The van der Waals surface area contributed by atoms with Crippen LogP contribution in [0.5, 0.6) is 0 Å². The second-order valence-corrected chi connectivity index (χ2v) is 7.17. The molecule has 0 bridgehead atoms. The molecule has 0 saturated carbocycles. The second kappa shape index (κ2) is 8.95. The Kier molecular flexibility index (Phi) is 6.94. The number of nitriles is 1. The van der Waals surface area contributed by atoms with E-state index in [9.17, 15) is 9.90 Å². The summed E-state index contributed by atoms with van der Waals surface area (Å²) in [7, 11) is 6.18. The van der Waals surface area contributed by atoms with Crippen molar-refractivity contribution in [3.63, 3.8) is 0 Å². The third-order valence-electron chi connectivity index (χ3n) is 4.81. The first-order valence-corrected chi connectivity index (χ1v) is 8.68. The Morgan fingerprint density at radius 2 is 2.00 bits per heavy atom. The lowest BCUT2D eigenvalue weighted by Crippen LogP contribution is -2.35. The second-order valence-electron chi connectivity index (χ2n) is 7.17. The van der Waals surface area contributed by atoms with Crippen molar-refractivity contribution >= 4 is 5.91 Å². The predicted molar refractivity (Wildman–Crippen MR) is 97.2 cm³/mol. The Bertz CT molecular complexity index is 626. The van der Waals surface area contributed by atoms with Crippen LogP contribution >= 0.6 is 0 Å². The lowest BCUT2D eigenvalue weighted by Gasteiger charge is -2.25. The van der Waals surface area contributed by atoms with Crippen LogP contribution in [0.1, 0.15) is 15.9 Å². The molecule has 1 heterocycles. The number of rotatable bonds is 7. The number of nitrogens with zero attached hydrogens (tertiary/aromatic N) is 4. The first-order chi connectivity index (χ1) is 11.9. The molecule has 0 aromatic heterocycles. The topological polar surface area (TPSA) is 70.8 Å². The van der Waals surface area contributed by atoms with Gasteiger partial charge in [-0.05, 0) is 45.3 Å². The maximum absolute atomic E-state index is 12.7. The number of likely N-dealkylation sites (N-methyl/N-ethyl adjacent to an activating group) is 2. The maximum atomic E-state index is 12.7. The molecular weight excluding hydrogens is 316 g/mol. The van der Waals surface area contributed by atoms with Crippen molar-refractivity contribution in [1.82, 2.24) is 14.7 Å². The monoisotopic (exact) mass is 344 g/mol. The summed E-state index contributed by atoms with van der Waals surface area (Å²) in [6.07, 6.45) is 0. The number of carbonyl (C=O) groups excluding carboxylic acids is 1. The molecule has 1 aliphatic heterocycles. The number of likely N-dealkylation sites (tertiary alicyclic amines) is 1. The Balaban J connectivity index is 2.00. The summed E-state index contributed by atoms with van der Waals surface area (Å²) in [5.41, 5.74) is 1.03. The summed E-state index contributed by atoms with van der Waals surface area (Å²) in [4.78, 5) is 19.0. The molecule has 25 heavy (non-hydrogen) atoms. The molecule has 136 valence electrons. The van der Waals surface area contributed by atoms with Gasteiger partial charge in [-0.1, -0.05) is 6.07 Å². The van der Waals surface area contributed by atoms with E-state index >= 15 is 0 Å². The summed E-state index contributed by atoms with van der Waals surface area (Å²) in [6.45, 7) is 4.11. The highest BCUT2D eigenvalue weighted by atomic mass is 16.3. The molecular formula is C19H28N4O2. The van der Waals surface area contributed by atoms with Crippen LogP contribution in [0.4, 0.5) is 0 Å². The molecule has 1 N–H and O–H groups in total. The molecule has 0 radical (unpaired) electrons. The summed E-state index contributed by atoms with van der Waals surface area (Å²) in [6, 6.07) is 8.87. The van der Waals surface area contributed by atoms with E-state index in [1.165, 1.54) is 0 Å². The number of benzene rings is 1. The van der Waals surface area contributed by atoms with Crippen LogP contribution in [-0.4, -0.2) is 86.2 Å². The van der Waals surface area contributed by atoms with E-state index in [1.54, 1.807) is 24.3 Å². The van der Waals surface area contributed by atoms with Gasteiger partial charge in [-0.3, -0.25) is 4.79 Å².